The molecular weight excluding hydrogens is 318 g/mol. The molecule has 7 heteroatoms. The first-order chi connectivity index (χ1) is 11.9. The standard InChI is InChI=1S/C18H21N5O2/c1-12-20-14(11-22(12)4)16-9-13(15-7-5-6-8-23(15)16)18(25)19-10-17(24)21(2)3/h5-9,11H,10H2,1-4H3,(H,19,25). The van der Waals surface area contributed by atoms with Gasteiger partial charge in [-0.15, -0.1) is 0 Å². The highest BCUT2D eigenvalue weighted by atomic mass is 16.2. The normalized spacial score (nSPS) is 10.9. The number of pyridine rings is 1. The minimum absolute atomic E-state index is 0.0337. The summed E-state index contributed by atoms with van der Waals surface area (Å²) in [5.74, 6) is 0.457. The molecule has 25 heavy (non-hydrogen) atoms. The fourth-order valence-corrected chi connectivity index (χ4v) is 2.62. The van der Waals surface area contributed by atoms with Crippen molar-refractivity contribution in [3.05, 3.63) is 48.0 Å². The van der Waals surface area contributed by atoms with Crippen LogP contribution >= 0.6 is 0 Å². The Labute approximate surface area is 145 Å². The van der Waals surface area contributed by atoms with Gasteiger partial charge >= 0.3 is 0 Å². The lowest BCUT2D eigenvalue weighted by Crippen LogP contribution is -2.36. The zero-order chi connectivity index (χ0) is 18.1. The van der Waals surface area contributed by atoms with Gasteiger partial charge in [0.15, 0.2) is 0 Å². The van der Waals surface area contributed by atoms with Crippen LogP contribution in [0, 0.1) is 6.92 Å². The first-order valence-electron chi connectivity index (χ1n) is 7.97. The van der Waals surface area contributed by atoms with E-state index in [-0.39, 0.29) is 18.4 Å². The lowest BCUT2D eigenvalue weighted by atomic mass is 10.2. The molecule has 0 saturated heterocycles. The Hall–Kier alpha value is -3.09. The van der Waals surface area contributed by atoms with E-state index in [1.165, 1.54) is 4.90 Å². The number of aromatic nitrogens is 3. The van der Waals surface area contributed by atoms with E-state index in [0.29, 0.717) is 5.56 Å². The van der Waals surface area contributed by atoms with Crippen molar-refractivity contribution in [3.8, 4) is 11.4 Å². The van der Waals surface area contributed by atoms with Gasteiger partial charge in [-0.25, -0.2) is 4.98 Å². The summed E-state index contributed by atoms with van der Waals surface area (Å²) in [7, 11) is 5.25. The summed E-state index contributed by atoms with van der Waals surface area (Å²) in [4.78, 5) is 30.3. The maximum absolute atomic E-state index is 12.6. The van der Waals surface area contributed by atoms with Crippen LogP contribution in [-0.2, 0) is 11.8 Å². The molecule has 1 N–H and O–H groups in total. The number of amides is 2. The second-order valence-electron chi connectivity index (χ2n) is 6.15. The van der Waals surface area contributed by atoms with Gasteiger partial charge in [-0.2, -0.15) is 0 Å². The van der Waals surface area contributed by atoms with Crippen LogP contribution < -0.4 is 5.32 Å². The third-order valence-corrected chi connectivity index (χ3v) is 4.19. The molecule has 0 unspecified atom stereocenters. The number of fused-ring (bicyclic) bond motifs is 1. The molecule has 0 saturated carbocycles. The molecule has 0 atom stereocenters. The summed E-state index contributed by atoms with van der Waals surface area (Å²) in [5.41, 5.74) is 2.93. The van der Waals surface area contributed by atoms with Crippen LogP contribution in [0.2, 0.25) is 0 Å². The van der Waals surface area contributed by atoms with Crippen molar-refractivity contribution >= 4 is 17.3 Å². The van der Waals surface area contributed by atoms with E-state index in [1.54, 1.807) is 14.1 Å². The minimum Gasteiger partial charge on any atom is -0.347 e. The highest BCUT2D eigenvalue weighted by molar-refractivity contribution is 6.03. The molecule has 2 amide bonds. The van der Waals surface area contributed by atoms with Gasteiger partial charge in [-0.1, -0.05) is 6.07 Å². The van der Waals surface area contributed by atoms with Gasteiger partial charge in [-0.05, 0) is 25.1 Å². The smallest absolute Gasteiger partial charge is 0.253 e. The Kier molecular flexibility index (Phi) is 4.31. The lowest BCUT2D eigenvalue weighted by Gasteiger charge is -2.10. The van der Waals surface area contributed by atoms with Crippen molar-refractivity contribution in [1.29, 1.82) is 0 Å². The lowest BCUT2D eigenvalue weighted by molar-refractivity contribution is -0.127. The monoisotopic (exact) mass is 339 g/mol. The maximum atomic E-state index is 12.6. The van der Waals surface area contributed by atoms with E-state index in [1.807, 2.05) is 59.6 Å². The van der Waals surface area contributed by atoms with Gasteiger partial charge in [0.05, 0.1) is 23.3 Å². The molecule has 0 spiro atoms. The topological polar surface area (TPSA) is 71.6 Å². The van der Waals surface area contributed by atoms with E-state index < -0.39 is 0 Å². The second kappa shape index (κ2) is 6.43. The van der Waals surface area contributed by atoms with Gasteiger partial charge in [0.25, 0.3) is 5.91 Å². The Balaban J connectivity index is 1.99. The fraction of sp³-hybridized carbons (Fsp3) is 0.278. The Morgan fingerprint density at radius 2 is 2.04 bits per heavy atom. The maximum Gasteiger partial charge on any atom is 0.253 e. The number of imidazole rings is 1. The zero-order valence-electron chi connectivity index (χ0n) is 14.8. The van der Waals surface area contributed by atoms with Crippen LogP contribution in [0.3, 0.4) is 0 Å². The second-order valence-corrected chi connectivity index (χ2v) is 6.15. The summed E-state index contributed by atoms with van der Waals surface area (Å²) in [5, 5.41) is 2.68. The van der Waals surface area contributed by atoms with Crippen LogP contribution in [-0.4, -0.2) is 51.3 Å². The first-order valence-corrected chi connectivity index (χ1v) is 7.97. The van der Waals surface area contributed by atoms with Crippen molar-refractivity contribution in [2.45, 2.75) is 6.92 Å². The van der Waals surface area contributed by atoms with Gasteiger partial charge in [0.2, 0.25) is 5.91 Å². The third kappa shape index (κ3) is 3.13. The van der Waals surface area contributed by atoms with Crippen LogP contribution in [0.1, 0.15) is 16.2 Å². The molecule has 0 aliphatic heterocycles. The van der Waals surface area contributed by atoms with Crippen LogP contribution in [0.4, 0.5) is 0 Å². The van der Waals surface area contributed by atoms with Crippen molar-refractivity contribution in [2.24, 2.45) is 7.05 Å². The summed E-state index contributed by atoms with van der Waals surface area (Å²) >= 11 is 0. The van der Waals surface area contributed by atoms with Gasteiger partial charge in [0, 0.05) is 33.5 Å². The average molecular weight is 339 g/mol. The zero-order valence-corrected chi connectivity index (χ0v) is 14.8. The first kappa shape index (κ1) is 16.8. The highest BCUT2D eigenvalue weighted by Crippen LogP contribution is 2.25. The Bertz CT molecular complexity index is 932. The molecule has 130 valence electrons. The van der Waals surface area contributed by atoms with E-state index in [2.05, 4.69) is 10.3 Å². The molecule has 7 nitrogen and oxygen atoms in total. The van der Waals surface area contributed by atoms with Crippen molar-refractivity contribution in [2.75, 3.05) is 20.6 Å². The van der Waals surface area contributed by atoms with Crippen LogP contribution in [0.5, 0.6) is 0 Å². The molecule has 0 aromatic carbocycles. The molecular formula is C18H21N5O2. The van der Waals surface area contributed by atoms with Crippen LogP contribution in [0.25, 0.3) is 16.9 Å². The summed E-state index contributed by atoms with van der Waals surface area (Å²) in [6.45, 7) is 1.90. The molecule has 0 aliphatic carbocycles. The minimum atomic E-state index is -0.280. The number of carbonyl (C=O) groups is 2. The molecule has 3 aromatic rings. The molecule has 3 aromatic heterocycles. The van der Waals surface area contributed by atoms with E-state index in [4.69, 9.17) is 0 Å². The van der Waals surface area contributed by atoms with E-state index in [0.717, 1.165) is 22.7 Å². The number of likely N-dealkylation sites (N-methyl/N-ethyl adjacent to an activating group) is 1. The number of hydrogen-bond donors (Lipinski definition) is 1. The number of nitrogens with one attached hydrogen (secondary N) is 1. The Morgan fingerprint density at radius 1 is 1.28 bits per heavy atom. The SMILES string of the molecule is Cc1nc(-c2cc(C(=O)NCC(=O)N(C)C)c3ccccn23)cn1C. The number of aryl methyl sites for hydroxylation is 2. The van der Waals surface area contributed by atoms with Crippen molar-refractivity contribution in [3.63, 3.8) is 0 Å². The average Bonchev–Trinajstić information content (AvgIpc) is 3.13. The number of carbonyl (C=O) groups excluding carboxylic acids is 2. The number of rotatable bonds is 4. The van der Waals surface area contributed by atoms with Gasteiger partial charge < -0.3 is 19.2 Å². The third-order valence-electron chi connectivity index (χ3n) is 4.19. The largest absolute Gasteiger partial charge is 0.347 e. The quantitative estimate of drug-likeness (QED) is 0.782. The number of hydrogen-bond acceptors (Lipinski definition) is 3. The molecule has 3 heterocycles. The van der Waals surface area contributed by atoms with E-state index >= 15 is 0 Å². The summed E-state index contributed by atoms with van der Waals surface area (Å²) in [6.07, 6.45) is 3.83. The Morgan fingerprint density at radius 3 is 2.68 bits per heavy atom. The molecule has 0 radical (unpaired) electrons. The predicted octanol–water partition coefficient (Wildman–Crippen LogP) is 1.47. The number of nitrogens with zero attached hydrogens (tertiary/aromatic N) is 4. The summed E-state index contributed by atoms with van der Waals surface area (Å²) < 4.78 is 3.87. The fourth-order valence-electron chi connectivity index (χ4n) is 2.62. The van der Waals surface area contributed by atoms with Crippen LogP contribution in [0.15, 0.2) is 36.7 Å². The molecule has 3 rings (SSSR count). The predicted molar refractivity (Wildman–Crippen MR) is 95.4 cm³/mol. The van der Waals surface area contributed by atoms with Crippen molar-refractivity contribution in [1.82, 2.24) is 24.2 Å². The molecule has 0 bridgehead atoms. The van der Waals surface area contributed by atoms with Crippen molar-refractivity contribution < 1.29 is 9.59 Å². The van der Waals surface area contributed by atoms with Gasteiger partial charge in [0.1, 0.15) is 11.5 Å². The molecule has 0 fully saturated rings. The molecule has 0 aliphatic rings. The van der Waals surface area contributed by atoms with Gasteiger partial charge in [-0.3, -0.25) is 9.59 Å². The highest BCUT2D eigenvalue weighted by Gasteiger charge is 2.18. The van der Waals surface area contributed by atoms with E-state index in [9.17, 15) is 9.59 Å². The summed E-state index contributed by atoms with van der Waals surface area (Å²) in [6, 6.07) is 7.47.